The first-order valence-electron chi connectivity index (χ1n) is 4.55. The van der Waals surface area contributed by atoms with Crippen LogP contribution in [0, 0.1) is 18.8 Å². The zero-order valence-electron chi connectivity index (χ0n) is 8.06. The maximum absolute atomic E-state index is 11.4. The van der Waals surface area contributed by atoms with Gasteiger partial charge < -0.3 is 14.9 Å². The summed E-state index contributed by atoms with van der Waals surface area (Å²) in [5, 5.41) is 14.7. The molecule has 1 aromatic rings. The maximum atomic E-state index is 11.4. The summed E-state index contributed by atoms with van der Waals surface area (Å²) >= 11 is 0. The lowest BCUT2D eigenvalue weighted by Gasteiger charge is -1.97. The molecular formula is C9H10N2O4. The van der Waals surface area contributed by atoms with Crippen molar-refractivity contribution in [3.8, 4) is 0 Å². The van der Waals surface area contributed by atoms with Crippen LogP contribution >= 0.6 is 0 Å². The Balaban J connectivity index is 1.92. The molecule has 1 aromatic heterocycles. The molecule has 2 atom stereocenters. The minimum absolute atomic E-state index is 0.310. The van der Waals surface area contributed by atoms with Crippen molar-refractivity contribution >= 4 is 17.7 Å². The average Bonchev–Trinajstić information content (AvgIpc) is 2.86. The van der Waals surface area contributed by atoms with Gasteiger partial charge in [0.15, 0.2) is 5.82 Å². The lowest BCUT2D eigenvalue weighted by Crippen LogP contribution is -2.16. The Bertz CT molecular complexity index is 412. The third-order valence-corrected chi connectivity index (χ3v) is 2.32. The molecule has 1 fully saturated rings. The van der Waals surface area contributed by atoms with Gasteiger partial charge in [0.1, 0.15) is 5.76 Å². The summed E-state index contributed by atoms with van der Waals surface area (Å²) in [6, 6.07) is 1.58. The Morgan fingerprint density at radius 3 is 2.80 bits per heavy atom. The highest BCUT2D eigenvalue weighted by molar-refractivity contribution is 5.97. The van der Waals surface area contributed by atoms with Crippen LogP contribution in [0.3, 0.4) is 0 Å². The molecule has 0 aliphatic heterocycles. The van der Waals surface area contributed by atoms with Gasteiger partial charge in [0.25, 0.3) is 0 Å². The van der Waals surface area contributed by atoms with Crippen LogP contribution in [-0.2, 0) is 9.59 Å². The van der Waals surface area contributed by atoms with Gasteiger partial charge in [0.2, 0.25) is 5.91 Å². The van der Waals surface area contributed by atoms with Gasteiger partial charge in [-0.25, -0.2) is 0 Å². The number of amides is 1. The first kappa shape index (κ1) is 9.70. The molecule has 2 rings (SSSR count). The summed E-state index contributed by atoms with van der Waals surface area (Å²) in [5.74, 6) is -1.29. The SMILES string of the molecule is Cc1cc(NC(=O)C2CC2C(=O)O)no1. The van der Waals surface area contributed by atoms with E-state index in [1.54, 1.807) is 13.0 Å². The standard InChI is InChI=1S/C9H10N2O4/c1-4-2-7(11-15-4)10-8(12)5-3-6(5)9(13)14/h2,5-6H,3H2,1H3,(H,13,14)(H,10,11,12). The van der Waals surface area contributed by atoms with E-state index in [9.17, 15) is 9.59 Å². The molecule has 0 saturated heterocycles. The highest BCUT2D eigenvalue weighted by atomic mass is 16.5. The molecular weight excluding hydrogens is 200 g/mol. The van der Waals surface area contributed by atoms with Gasteiger partial charge >= 0.3 is 5.97 Å². The van der Waals surface area contributed by atoms with E-state index < -0.39 is 17.8 Å². The predicted molar refractivity (Wildman–Crippen MR) is 49.1 cm³/mol. The minimum Gasteiger partial charge on any atom is -0.481 e. The molecule has 80 valence electrons. The van der Waals surface area contributed by atoms with Crippen molar-refractivity contribution in [2.24, 2.45) is 11.8 Å². The number of rotatable bonds is 3. The second kappa shape index (κ2) is 3.38. The summed E-state index contributed by atoms with van der Waals surface area (Å²) in [6.45, 7) is 1.71. The van der Waals surface area contributed by atoms with Crippen LogP contribution in [-0.4, -0.2) is 22.1 Å². The summed E-state index contributed by atoms with van der Waals surface area (Å²) in [7, 11) is 0. The van der Waals surface area contributed by atoms with Gasteiger partial charge in [0, 0.05) is 6.07 Å². The van der Waals surface area contributed by atoms with Gasteiger partial charge in [-0.1, -0.05) is 5.16 Å². The van der Waals surface area contributed by atoms with Crippen molar-refractivity contribution < 1.29 is 19.2 Å². The van der Waals surface area contributed by atoms with Crippen LogP contribution in [0.4, 0.5) is 5.82 Å². The molecule has 0 aromatic carbocycles. The van der Waals surface area contributed by atoms with E-state index in [1.807, 2.05) is 0 Å². The van der Waals surface area contributed by atoms with Crippen molar-refractivity contribution in [2.45, 2.75) is 13.3 Å². The number of aryl methyl sites for hydroxylation is 1. The fraction of sp³-hybridized carbons (Fsp3) is 0.444. The zero-order valence-corrected chi connectivity index (χ0v) is 8.06. The number of hydrogen-bond acceptors (Lipinski definition) is 4. The molecule has 1 heterocycles. The van der Waals surface area contributed by atoms with Gasteiger partial charge in [0.05, 0.1) is 11.8 Å². The van der Waals surface area contributed by atoms with Gasteiger partial charge in [-0.3, -0.25) is 9.59 Å². The monoisotopic (exact) mass is 210 g/mol. The van der Waals surface area contributed by atoms with Gasteiger partial charge in [-0.05, 0) is 13.3 Å². The Morgan fingerprint density at radius 1 is 1.60 bits per heavy atom. The number of carboxylic acids is 1. The normalized spacial score (nSPS) is 23.5. The predicted octanol–water partition coefficient (Wildman–Crippen LogP) is 0.642. The van der Waals surface area contributed by atoms with Crippen LogP contribution < -0.4 is 5.32 Å². The molecule has 1 saturated carbocycles. The second-order valence-electron chi connectivity index (χ2n) is 3.60. The van der Waals surface area contributed by atoms with Crippen LogP contribution in [0.5, 0.6) is 0 Å². The number of hydrogen-bond donors (Lipinski definition) is 2. The topological polar surface area (TPSA) is 92.4 Å². The number of carbonyl (C=O) groups excluding carboxylic acids is 1. The van der Waals surface area contributed by atoms with Crippen molar-refractivity contribution in [3.63, 3.8) is 0 Å². The van der Waals surface area contributed by atoms with Crippen LogP contribution in [0.2, 0.25) is 0 Å². The smallest absolute Gasteiger partial charge is 0.307 e. The molecule has 15 heavy (non-hydrogen) atoms. The number of aliphatic carboxylic acids is 1. The summed E-state index contributed by atoms with van der Waals surface area (Å²) in [5.41, 5.74) is 0. The molecule has 1 amide bonds. The molecule has 0 spiro atoms. The van der Waals surface area contributed by atoms with Crippen molar-refractivity contribution in [2.75, 3.05) is 5.32 Å². The molecule has 2 N–H and O–H groups in total. The van der Waals surface area contributed by atoms with E-state index in [0.29, 0.717) is 18.0 Å². The zero-order chi connectivity index (χ0) is 11.0. The molecule has 6 nitrogen and oxygen atoms in total. The Labute approximate surface area is 85.2 Å². The number of nitrogens with one attached hydrogen (secondary N) is 1. The molecule has 0 radical (unpaired) electrons. The molecule has 1 aliphatic rings. The van der Waals surface area contributed by atoms with E-state index in [2.05, 4.69) is 10.5 Å². The molecule has 2 unspecified atom stereocenters. The highest BCUT2D eigenvalue weighted by Gasteiger charge is 2.48. The average molecular weight is 210 g/mol. The first-order chi connectivity index (χ1) is 7.08. The largest absolute Gasteiger partial charge is 0.481 e. The Hall–Kier alpha value is -1.85. The Morgan fingerprint density at radius 2 is 2.33 bits per heavy atom. The third kappa shape index (κ3) is 1.98. The second-order valence-corrected chi connectivity index (χ2v) is 3.60. The van der Waals surface area contributed by atoms with E-state index in [0.717, 1.165) is 0 Å². The fourth-order valence-electron chi connectivity index (χ4n) is 1.40. The van der Waals surface area contributed by atoms with Gasteiger partial charge in [-0.2, -0.15) is 0 Å². The highest BCUT2D eigenvalue weighted by Crippen LogP contribution is 2.39. The van der Waals surface area contributed by atoms with Gasteiger partial charge in [-0.15, -0.1) is 0 Å². The molecule has 0 bridgehead atoms. The number of nitrogens with zero attached hydrogens (tertiary/aromatic N) is 1. The first-order valence-corrected chi connectivity index (χ1v) is 4.55. The maximum Gasteiger partial charge on any atom is 0.307 e. The third-order valence-electron chi connectivity index (χ3n) is 2.32. The van der Waals surface area contributed by atoms with E-state index in [-0.39, 0.29) is 5.91 Å². The number of anilines is 1. The van der Waals surface area contributed by atoms with E-state index in [1.165, 1.54) is 0 Å². The Kier molecular flexibility index (Phi) is 2.18. The number of carbonyl (C=O) groups is 2. The lowest BCUT2D eigenvalue weighted by molar-refractivity contribution is -0.139. The van der Waals surface area contributed by atoms with Crippen molar-refractivity contribution in [1.29, 1.82) is 0 Å². The summed E-state index contributed by atoms with van der Waals surface area (Å²) in [4.78, 5) is 22.0. The minimum atomic E-state index is -0.925. The number of carboxylic acid groups (broad SMARTS) is 1. The fourth-order valence-corrected chi connectivity index (χ4v) is 1.40. The summed E-state index contributed by atoms with van der Waals surface area (Å²) < 4.78 is 4.76. The lowest BCUT2D eigenvalue weighted by atomic mass is 10.3. The van der Waals surface area contributed by atoms with Crippen LogP contribution in [0.25, 0.3) is 0 Å². The van der Waals surface area contributed by atoms with Crippen LogP contribution in [0.1, 0.15) is 12.2 Å². The molecule has 1 aliphatic carbocycles. The van der Waals surface area contributed by atoms with Crippen molar-refractivity contribution in [1.82, 2.24) is 5.16 Å². The van der Waals surface area contributed by atoms with Crippen LogP contribution in [0.15, 0.2) is 10.6 Å². The quantitative estimate of drug-likeness (QED) is 0.763. The number of aromatic nitrogens is 1. The van der Waals surface area contributed by atoms with E-state index >= 15 is 0 Å². The summed E-state index contributed by atoms with van der Waals surface area (Å²) in [6.07, 6.45) is 0.401. The van der Waals surface area contributed by atoms with Crippen molar-refractivity contribution in [3.05, 3.63) is 11.8 Å². The molecule has 6 heteroatoms. The van der Waals surface area contributed by atoms with E-state index in [4.69, 9.17) is 9.63 Å².